The first kappa shape index (κ1) is 20.1. The molecule has 0 amide bonds. The first-order valence-electron chi connectivity index (χ1n) is 11.7. The molecule has 1 unspecified atom stereocenters. The second kappa shape index (κ2) is 9.11. The second-order valence-corrected chi connectivity index (χ2v) is 8.71. The van der Waals surface area contributed by atoms with E-state index < -0.39 is 0 Å². The molecule has 2 heteroatoms. The lowest BCUT2D eigenvalue weighted by Gasteiger charge is -2.25. The van der Waals surface area contributed by atoms with Gasteiger partial charge in [0, 0.05) is 13.1 Å². The molecule has 0 N–H and O–H groups in total. The number of ether oxygens (including phenoxy) is 1. The van der Waals surface area contributed by atoms with Crippen LogP contribution in [0.3, 0.4) is 0 Å². The summed E-state index contributed by atoms with van der Waals surface area (Å²) in [6.07, 6.45) is 6.18. The molecule has 3 aromatic rings. The molecule has 1 aliphatic heterocycles. The van der Waals surface area contributed by atoms with Crippen molar-refractivity contribution in [2.75, 3.05) is 13.1 Å². The summed E-state index contributed by atoms with van der Waals surface area (Å²) in [4.78, 5) is 2.42. The standard InChI is InChI=1S/C29H31NO/c1-22(30-20-7-8-21-30)31-26-18-16-25(17-19-26)29(24-11-3-2-4-12-24)28-15-9-13-23-10-5-6-14-27(23)28/h2-6,10-12,14,16-19,22H,7-9,13,15,20-21H2,1H3. The summed E-state index contributed by atoms with van der Waals surface area (Å²) in [5.41, 5.74) is 8.25. The van der Waals surface area contributed by atoms with E-state index in [9.17, 15) is 0 Å². The predicted molar refractivity (Wildman–Crippen MR) is 129 cm³/mol. The molecule has 0 radical (unpaired) electrons. The van der Waals surface area contributed by atoms with Crippen LogP contribution in [0.5, 0.6) is 5.75 Å². The minimum atomic E-state index is 0.130. The van der Waals surface area contributed by atoms with Crippen LogP contribution in [0.25, 0.3) is 11.1 Å². The van der Waals surface area contributed by atoms with Gasteiger partial charge in [0.15, 0.2) is 0 Å². The van der Waals surface area contributed by atoms with Gasteiger partial charge in [0.2, 0.25) is 0 Å². The van der Waals surface area contributed by atoms with Crippen molar-refractivity contribution in [3.63, 3.8) is 0 Å². The number of hydrogen-bond donors (Lipinski definition) is 0. The average Bonchev–Trinajstić information content (AvgIpc) is 3.37. The van der Waals surface area contributed by atoms with Crippen LogP contribution >= 0.6 is 0 Å². The third kappa shape index (κ3) is 4.31. The maximum Gasteiger partial charge on any atom is 0.149 e. The molecule has 0 aromatic heterocycles. The zero-order valence-electron chi connectivity index (χ0n) is 18.4. The number of aryl methyl sites for hydroxylation is 1. The molecule has 0 bridgehead atoms. The first-order valence-corrected chi connectivity index (χ1v) is 11.7. The van der Waals surface area contributed by atoms with E-state index >= 15 is 0 Å². The van der Waals surface area contributed by atoms with E-state index in [1.54, 1.807) is 0 Å². The summed E-state index contributed by atoms with van der Waals surface area (Å²) in [5, 5.41) is 0. The van der Waals surface area contributed by atoms with Gasteiger partial charge in [0.1, 0.15) is 12.0 Å². The van der Waals surface area contributed by atoms with Crippen molar-refractivity contribution in [2.45, 2.75) is 45.3 Å². The molecule has 1 fully saturated rings. The molecule has 1 heterocycles. The highest BCUT2D eigenvalue weighted by Gasteiger charge is 2.21. The Kier molecular flexibility index (Phi) is 5.90. The molecule has 2 nitrogen and oxygen atoms in total. The van der Waals surface area contributed by atoms with Crippen molar-refractivity contribution >= 4 is 11.1 Å². The highest BCUT2D eigenvalue weighted by molar-refractivity contribution is 5.99. The Morgan fingerprint density at radius 2 is 1.42 bits per heavy atom. The number of fused-ring (bicyclic) bond motifs is 1. The van der Waals surface area contributed by atoms with Crippen LogP contribution in [0.2, 0.25) is 0 Å². The predicted octanol–water partition coefficient (Wildman–Crippen LogP) is 6.80. The quantitative estimate of drug-likeness (QED) is 0.459. The largest absolute Gasteiger partial charge is 0.475 e. The molecule has 158 valence electrons. The van der Waals surface area contributed by atoms with Crippen LogP contribution < -0.4 is 4.74 Å². The molecule has 0 saturated carbocycles. The van der Waals surface area contributed by atoms with E-state index in [1.807, 2.05) is 0 Å². The summed E-state index contributed by atoms with van der Waals surface area (Å²) in [6, 6.07) is 28.5. The fourth-order valence-electron chi connectivity index (χ4n) is 5.08. The van der Waals surface area contributed by atoms with E-state index in [0.29, 0.717) is 0 Å². The van der Waals surface area contributed by atoms with Crippen LogP contribution in [0.4, 0.5) is 0 Å². The number of allylic oxidation sites excluding steroid dienone is 1. The van der Waals surface area contributed by atoms with Crippen molar-refractivity contribution in [3.05, 3.63) is 101 Å². The van der Waals surface area contributed by atoms with Gasteiger partial charge in [-0.05, 0) is 84.6 Å². The minimum Gasteiger partial charge on any atom is -0.475 e. The lowest BCUT2D eigenvalue weighted by atomic mass is 9.81. The average molecular weight is 410 g/mol. The number of hydrogen-bond acceptors (Lipinski definition) is 2. The van der Waals surface area contributed by atoms with Crippen molar-refractivity contribution in [1.82, 2.24) is 4.90 Å². The van der Waals surface area contributed by atoms with Gasteiger partial charge in [-0.3, -0.25) is 4.90 Å². The van der Waals surface area contributed by atoms with Crippen LogP contribution in [0.15, 0.2) is 78.9 Å². The van der Waals surface area contributed by atoms with Crippen molar-refractivity contribution < 1.29 is 4.74 Å². The summed E-state index contributed by atoms with van der Waals surface area (Å²) in [7, 11) is 0. The zero-order chi connectivity index (χ0) is 21.0. The molecule has 5 rings (SSSR count). The second-order valence-electron chi connectivity index (χ2n) is 8.71. The van der Waals surface area contributed by atoms with E-state index in [0.717, 1.165) is 25.3 Å². The van der Waals surface area contributed by atoms with Gasteiger partial charge in [0.25, 0.3) is 0 Å². The van der Waals surface area contributed by atoms with E-state index in [4.69, 9.17) is 4.74 Å². The third-order valence-corrected chi connectivity index (χ3v) is 6.68. The Hall–Kier alpha value is -2.84. The highest BCUT2D eigenvalue weighted by atomic mass is 16.5. The summed E-state index contributed by atoms with van der Waals surface area (Å²) in [6.45, 7) is 4.45. The van der Waals surface area contributed by atoms with Gasteiger partial charge in [0.05, 0.1) is 0 Å². The van der Waals surface area contributed by atoms with Crippen molar-refractivity contribution in [2.24, 2.45) is 0 Å². The lowest BCUT2D eigenvalue weighted by molar-refractivity contribution is 0.0592. The van der Waals surface area contributed by atoms with E-state index in [-0.39, 0.29) is 6.23 Å². The lowest BCUT2D eigenvalue weighted by Crippen LogP contribution is -2.34. The van der Waals surface area contributed by atoms with Crippen molar-refractivity contribution in [3.8, 4) is 5.75 Å². The van der Waals surface area contributed by atoms with Gasteiger partial charge in [-0.25, -0.2) is 0 Å². The number of likely N-dealkylation sites (tertiary alicyclic amines) is 1. The Labute approximate surface area is 186 Å². The summed E-state index contributed by atoms with van der Waals surface area (Å²) in [5.74, 6) is 0.949. The Morgan fingerprint density at radius 1 is 0.742 bits per heavy atom. The molecule has 0 spiro atoms. The minimum absolute atomic E-state index is 0.130. The molecule has 3 aromatic carbocycles. The van der Waals surface area contributed by atoms with Crippen LogP contribution in [-0.4, -0.2) is 24.2 Å². The summed E-state index contributed by atoms with van der Waals surface area (Å²) < 4.78 is 6.25. The smallest absolute Gasteiger partial charge is 0.149 e. The van der Waals surface area contributed by atoms with E-state index in [2.05, 4.69) is 90.7 Å². The normalized spacial score (nSPS) is 19.0. The molecular formula is C29H31NO. The maximum atomic E-state index is 6.25. The molecule has 1 aliphatic carbocycles. The number of rotatable bonds is 5. The Bertz CT molecular complexity index is 1050. The Morgan fingerprint density at radius 3 is 2.19 bits per heavy atom. The zero-order valence-corrected chi connectivity index (χ0v) is 18.4. The number of benzene rings is 3. The molecular weight excluding hydrogens is 378 g/mol. The number of nitrogens with zero attached hydrogens (tertiary/aromatic N) is 1. The maximum absolute atomic E-state index is 6.25. The summed E-state index contributed by atoms with van der Waals surface area (Å²) >= 11 is 0. The SMILES string of the molecule is CC(Oc1ccc(C(=C2CCCc3ccccc32)c2ccccc2)cc1)N1CCCC1. The van der Waals surface area contributed by atoms with Crippen molar-refractivity contribution in [1.29, 1.82) is 0 Å². The fraction of sp³-hybridized carbons (Fsp3) is 0.310. The van der Waals surface area contributed by atoms with Gasteiger partial charge in [-0.1, -0.05) is 66.7 Å². The van der Waals surface area contributed by atoms with Crippen LogP contribution in [0, 0.1) is 0 Å². The first-order chi connectivity index (χ1) is 15.3. The molecule has 1 atom stereocenters. The topological polar surface area (TPSA) is 12.5 Å². The fourth-order valence-corrected chi connectivity index (χ4v) is 5.08. The monoisotopic (exact) mass is 409 g/mol. The molecule has 1 saturated heterocycles. The van der Waals surface area contributed by atoms with Gasteiger partial charge < -0.3 is 4.74 Å². The third-order valence-electron chi connectivity index (χ3n) is 6.68. The van der Waals surface area contributed by atoms with Gasteiger partial charge in [-0.15, -0.1) is 0 Å². The van der Waals surface area contributed by atoms with Crippen LogP contribution in [-0.2, 0) is 6.42 Å². The van der Waals surface area contributed by atoms with E-state index in [1.165, 1.54) is 59.1 Å². The van der Waals surface area contributed by atoms with Gasteiger partial charge >= 0.3 is 0 Å². The molecule has 2 aliphatic rings. The van der Waals surface area contributed by atoms with Crippen LogP contribution in [0.1, 0.15) is 54.9 Å². The Balaban J connectivity index is 1.51. The highest BCUT2D eigenvalue weighted by Crippen LogP contribution is 2.40. The van der Waals surface area contributed by atoms with Gasteiger partial charge in [-0.2, -0.15) is 0 Å². The molecule has 31 heavy (non-hydrogen) atoms.